The van der Waals surface area contributed by atoms with Gasteiger partial charge in [-0.3, -0.25) is 9.59 Å². The predicted molar refractivity (Wildman–Crippen MR) is 110 cm³/mol. The number of unbranched alkanes of at least 4 members (excludes halogenated alkanes) is 2. The van der Waals surface area contributed by atoms with E-state index in [2.05, 4.69) is 11.9 Å². The third-order valence-corrected chi connectivity index (χ3v) is 5.54. The first-order valence-corrected chi connectivity index (χ1v) is 10.5. The van der Waals surface area contributed by atoms with Gasteiger partial charge in [0.25, 0.3) is 5.91 Å². The van der Waals surface area contributed by atoms with Crippen LogP contribution in [0.5, 0.6) is 11.6 Å². The van der Waals surface area contributed by atoms with Gasteiger partial charge in [0.15, 0.2) is 11.9 Å². The van der Waals surface area contributed by atoms with Crippen LogP contribution in [0.2, 0.25) is 0 Å². The van der Waals surface area contributed by atoms with Crippen molar-refractivity contribution in [2.45, 2.75) is 51.6 Å². The highest BCUT2D eigenvalue weighted by Crippen LogP contribution is 2.32. The zero-order valence-electron chi connectivity index (χ0n) is 17.0. The Bertz CT molecular complexity index is 945. The average Bonchev–Trinajstić information content (AvgIpc) is 3.30. The highest BCUT2D eigenvalue weighted by atomic mass is 19.1. The SMILES string of the molecule is CCCCCOc1ccc(OC2CCN(c3cc(F)c4c(c3)C(=O)CC4)C2=O)cn1. The molecule has 7 heteroatoms. The van der Waals surface area contributed by atoms with Crippen LogP contribution in [0.1, 0.15) is 54.9 Å². The Hall–Kier alpha value is -2.96. The summed E-state index contributed by atoms with van der Waals surface area (Å²) in [5.41, 5.74) is 1.25. The second-order valence-corrected chi connectivity index (χ2v) is 7.65. The van der Waals surface area contributed by atoms with E-state index in [9.17, 15) is 14.0 Å². The molecule has 158 valence electrons. The molecule has 1 saturated heterocycles. The summed E-state index contributed by atoms with van der Waals surface area (Å²) in [7, 11) is 0. The molecular weight excluding hydrogens is 387 g/mol. The first-order valence-electron chi connectivity index (χ1n) is 10.5. The van der Waals surface area contributed by atoms with Gasteiger partial charge >= 0.3 is 0 Å². The van der Waals surface area contributed by atoms with Crippen molar-refractivity contribution in [2.75, 3.05) is 18.1 Å². The minimum Gasteiger partial charge on any atom is -0.479 e. The number of carbonyl (C=O) groups excluding carboxylic acids is 2. The fraction of sp³-hybridized carbons (Fsp3) is 0.435. The molecule has 0 spiro atoms. The molecule has 1 aliphatic heterocycles. The number of Topliss-reactive ketones (excluding diaryl/α,β-unsaturated/α-hetero) is 1. The molecular formula is C23H25FN2O4. The van der Waals surface area contributed by atoms with Crippen molar-refractivity contribution in [3.63, 3.8) is 0 Å². The number of hydrogen-bond acceptors (Lipinski definition) is 5. The Morgan fingerprint density at radius 3 is 2.83 bits per heavy atom. The Balaban J connectivity index is 1.39. The van der Waals surface area contributed by atoms with Gasteiger partial charge < -0.3 is 14.4 Å². The molecule has 1 fully saturated rings. The summed E-state index contributed by atoms with van der Waals surface area (Å²) in [6.07, 6.45) is 5.31. The molecule has 1 amide bonds. The van der Waals surface area contributed by atoms with E-state index in [1.54, 1.807) is 24.4 Å². The van der Waals surface area contributed by atoms with Crippen LogP contribution in [0.3, 0.4) is 0 Å². The van der Waals surface area contributed by atoms with Gasteiger partial charge in [0, 0.05) is 36.7 Å². The smallest absolute Gasteiger partial charge is 0.268 e. The van der Waals surface area contributed by atoms with Crippen molar-refractivity contribution in [2.24, 2.45) is 0 Å². The first kappa shape index (κ1) is 20.3. The molecule has 0 radical (unpaired) electrons. The third-order valence-electron chi connectivity index (χ3n) is 5.54. The number of ketones is 1. The zero-order valence-corrected chi connectivity index (χ0v) is 17.0. The van der Waals surface area contributed by atoms with Gasteiger partial charge in [-0.2, -0.15) is 0 Å². The predicted octanol–water partition coefficient (Wildman–Crippen LogP) is 4.10. The quantitative estimate of drug-likeness (QED) is 0.611. The van der Waals surface area contributed by atoms with Crippen LogP contribution in [0.15, 0.2) is 30.5 Å². The number of anilines is 1. The van der Waals surface area contributed by atoms with E-state index in [1.807, 2.05) is 0 Å². The summed E-state index contributed by atoms with van der Waals surface area (Å²) in [5.74, 6) is 0.250. The molecule has 1 atom stereocenters. The molecule has 4 rings (SSSR count). The third kappa shape index (κ3) is 4.15. The van der Waals surface area contributed by atoms with Crippen molar-refractivity contribution in [3.05, 3.63) is 47.4 Å². The number of carbonyl (C=O) groups is 2. The monoisotopic (exact) mass is 412 g/mol. The molecule has 6 nitrogen and oxygen atoms in total. The highest BCUT2D eigenvalue weighted by molar-refractivity contribution is 6.04. The van der Waals surface area contributed by atoms with E-state index < -0.39 is 11.9 Å². The van der Waals surface area contributed by atoms with E-state index in [4.69, 9.17) is 9.47 Å². The zero-order chi connectivity index (χ0) is 21.1. The molecule has 1 aromatic heterocycles. The van der Waals surface area contributed by atoms with Gasteiger partial charge in [-0.05, 0) is 36.6 Å². The van der Waals surface area contributed by atoms with E-state index in [-0.39, 0.29) is 11.7 Å². The molecule has 1 unspecified atom stereocenters. The highest BCUT2D eigenvalue weighted by Gasteiger charge is 2.36. The van der Waals surface area contributed by atoms with Crippen molar-refractivity contribution in [1.29, 1.82) is 0 Å². The Kier molecular flexibility index (Phi) is 5.97. The maximum absolute atomic E-state index is 14.4. The standard InChI is InChI=1S/C23H25FN2O4/c1-2-3-4-11-29-22-8-5-16(14-25-22)30-21-9-10-26(23(21)28)15-12-18-17(19(24)13-15)6-7-20(18)27/h5,8,12-14,21H,2-4,6-7,9-11H2,1H3. The fourth-order valence-electron chi connectivity index (χ4n) is 3.89. The number of amides is 1. The maximum atomic E-state index is 14.4. The van der Waals surface area contributed by atoms with Gasteiger partial charge in [0.1, 0.15) is 11.6 Å². The molecule has 2 aromatic rings. The first-order chi connectivity index (χ1) is 14.6. The van der Waals surface area contributed by atoms with Crippen LogP contribution in [0.25, 0.3) is 0 Å². The second kappa shape index (κ2) is 8.81. The van der Waals surface area contributed by atoms with Crippen LogP contribution < -0.4 is 14.4 Å². The van der Waals surface area contributed by atoms with E-state index in [1.165, 1.54) is 11.0 Å². The topological polar surface area (TPSA) is 68.7 Å². The van der Waals surface area contributed by atoms with Crippen LogP contribution in [-0.2, 0) is 11.2 Å². The van der Waals surface area contributed by atoms with E-state index in [0.717, 1.165) is 19.3 Å². The maximum Gasteiger partial charge on any atom is 0.268 e. The molecule has 2 aliphatic rings. The van der Waals surface area contributed by atoms with Crippen LogP contribution in [0.4, 0.5) is 10.1 Å². The summed E-state index contributed by atoms with van der Waals surface area (Å²) in [4.78, 5) is 30.5. The molecule has 1 aromatic carbocycles. The second-order valence-electron chi connectivity index (χ2n) is 7.65. The van der Waals surface area contributed by atoms with Gasteiger partial charge in [-0.25, -0.2) is 9.37 Å². The van der Waals surface area contributed by atoms with Crippen molar-refractivity contribution < 1.29 is 23.5 Å². The Labute approximate surface area is 175 Å². The minimum atomic E-state index is -0.671. The van der Waals surface area contributed by atoms with Crippen LogP contribution >= 0.6 is 0 Å². The summed E-state index contributed by atoms with van der Waals surface area (Å²) >= 11 is 0. The van der Waals surface area contributed by atoms with Crippen molar-refractivity contribution in [1.82, 2.24) is 4.98 Å². The normalized spacial score (nSPS) is 18.1. The number of pyridine rings is 1. The average molecular weight is 412 g/mol. The lowest BCUT2D eigenvalue weighted by molar-refractivity contribution is -0.122. The fourth-order valence-corrected chi connectivity index (χ4v) is 3.89. The molecule has 30 heavy (non-hydrogen) atoms. The van der Waals surface area contributed by atoms with Gasteiger partial charge in [0.05, 0.1) is 12.8 Å². The minimum absolute atomic E-state index is 0.0757. The number of rotatable bonds is 8. The number of hydrogen-bond donors (Lipinski definition) is 0. The summed E-state index contributed by atoms with van der Waals surface area (Å²) in [5, 5.41) is 0. The molecule has 2 heterocycles. The van der Waals surface area contributed by atoms with Gasteiger partial charge in [-0.15, -0.1) is 0 Å². The Morgan fingerprint density at radius 2 is 2.07 bits per heavy atom. The number of ether oxygens (including phenoxy) is 2. The Morgan fingerprint density at radius 1 is 1.20 bits per heavy atom. The number of benzene rings is 1. The number of halogens is 1. The largest absolute Gasteiger partial charge is 0.479 e. The van der Waals surface area contributed by atoms with Crippen LogP contribution in [0, 0.1) is 5.82 Å². The van der Waals surface area contributed by atoms with E-state index >= 15 is 0 Å². The van der Waals surface area contributed by atoms with Crippen LogP contribution in [-0.4, -0.2) is 35.9 Å². The van der Waals surface area contributed by atoms with Crippen molar-refractivity contribution in [3.8, 4) is 11.6 Å². The molecule has 0 N–H and O–H groups in total. The lowest BCUT2D eigenvalue weighted by Gasteiger charge is -2.18. The molecule has 0 saturated carbocycles. The number of fused-ring (bicyclic) bond motifs is 1. The summed E-state index contributed by atoms with van der Waals surface area (Å²) in [6, 6.07) is 6.41. The van der Waals surface area contributed by atoms with Crippen molar-refractivity contribution >= 4 is 17.4 Å². The lowest BCUT2D eigenvalue weighted by atomic mass is 10.1. The lowest BCUT2D eigenvalue weighted by Crippen LogP contribution is -2.32. The molecule has 0 bridgehead atoms. The van der Waals surface area contributed by atoms with Gasteiger partial charge in [-0.1, -0.05) is 19.8 Å². The number of aromatic nitrogens is 1. The summed E-state index contributed by atoms with van der Waals surface area (Å²) < 4.78 is 25.8. The van der Waals surface area contributed by atoms with E-state index in [0.29, 0.717) is 60.9 Å². The van der Waals surface area contributed by atoms with Gasteiger partial charge in [0.2, 0.25) is 5.88 Å². The summed E-state index contributed by atoms with van der Waals surface area (Å²) in [6.45, 7) is 3.16. The molecule has 1 aliphatic carbocycles. The number of nitrogens with zero attached hydrogens (tertiary/aromatic N) is 2.